The van der Waals surface area contributed by atoms with E-state index in [0.29, 0.717) is 5.75 Å². The Hall–Kier alpha value is -3.55. The van der Waals surface area contributed by atoms with E-state index in [4.69, 9.17) is 9.47 Å². The second kappa shape index (κ2) is 10.6. The number of carbonyl (C=O) groups excluding carboxylic acids is 3. The summed E-state index contributed by atoms with van der Waals surface area (Å²) in [4.78, 5) is 35.9. The zero-order valence-electron chi connectivity index (χ0n) is 15.8. The Labute approximate surface area is 163 Å². The molecule has 148 valence electrons. The number of para-hydroxylation sites is 1. The third-order valence-electron chi connectivity index (χ3n) is 3.72. The topological polar surface area (TPSA) is 97.0 Å². The number of anilines is 2. The lowest BCUT2D eigenvalue weighted by atomic mass is 10.2. The van der Waals surface area contributed by atoms with E-state index in [-0.39, 0.29) is 19.1 Å². The van der Waals surface area contributed by atoms with Crippen LogP contribution < -0.4 is 15.4 Å². The van der Waals surface area contributed by atoms with Crippen molar-refractivity contribution in [2.24, 2.45) is 0 Å². The minimum absolute atomic E-state index is 0.104. The van der Waals surface area contributed by atoms with E-state index in [1.54, 1.807) is 12.1 Å². The summed E-state index contributed by atoms with van der Waals surface area (Å²) in [5.41, 5.74) is 1.84. The fourth-order valence-corrected chi connectivity index (χ4v) is 2.14. The number of rotatable bonds is 9. The molecule has 8 nitrogen and oxygen atoms in total. The summed E-state index contributed by atoms with van der Waals surface area (Å²) in [6.45, 7) is -0.875. The minimum atomic E-state index is -0.673. The van der Waals surface area contributed by atoms with Gasteiger partial charge in [0.15, 0.2) is 13.2 Å². The molecular weight excluding hydrogens is 362 g/mol. The molecule has 2 rings (SSSR count). The lowest BCUT2D eigenvalue weighted by Crippen LogP contribution is -2.39. The van der Waals surface area contributed by atoms with E-state index in [2.05, 4.69) is 10.6 Å². The number of nitrogens with one attached hydrogen (secondary N) is 2. The molecule has 0 aliphatic heterocycles. The summed E-state index contributed by atoms with van der Waals surface area (Å²) in [6, 6.07) is 16.8. The van der Waals surface area contributed by atoms with Crippen LogP contribution in [0.1, 0.15) is 0 Å². The Balaban J connectivity index is 1.72. The first-order valence-electron chi connectivity index (χ1n) is 8.63. The Kier molecular flexibility index (Phi) is 7.83. The molecule has 0 radical (unpaired) electrons. The molecule has 0 aliphatic carbocycles. The molecule has 8 heteroatoms. The van der Waals surface area contributed by atoms with Gasteiger partial charge in [-0.3, -0.25) is 9.59 Å². The molecule has 2 aromatic carbocycles. The second-order valence-corrected chi connectivity index (χ2v) is 5.89. The molecule has 2 amide bonds. The average molecular weight is 385 g/mol. The summed E-state index contributed by atoms with van der Waals surface area (Å²) in [7, 11) is 2.93. The van der Waals surface area contributed by atoms with Crippen LogP contribution in [0.25, 0.3) is 0 Å². The number of hydrogen-bond acceptors (Lipinski definition) is 6. The Morgan fingerprint density at radius 2 is 1.57 bits per heavy atom. The van der Waals surface area contributed by atoms with Crippen molar-refractivity contribution >= 4 is 29.2 Å². The quantitative estimate of drug-likeness (QED) is 0.636. The van der Waals surface area contributed by atoms with Gasteiger partial charge in [-0.2, -0.15) is 0 Å². The van der Waals surface area contributed by atoms with E-state index >= 15 is 0 Å². The molecular formula is C20H23N3O5. The first-order valence-corrected chi connectivity index (χ1v) is 8.63. The van der Waals surface area contributed by atoms with E-state index < -0.39 is 18.5 Å². The van der Waals surface area contributed by atoms with Crippen molar-refractivity contribution in [3.8, 4) is 5.75 Å². The van der Waals surface area contributed by atoms with E-state index in [9.17, 15) is 14.4 Å². The number of amides is 2. The predicted octanol–water partition coefficient (Wildman–Crippen LogP) is 1.56. The Bertz CT molecular complexity index is 793. The van der Waals surface area contributed by atoms with E-state index in [0.717, 1.165) is 11.4 Å². The maximum Gasteiger partial charge on any atom is 0.344 e. The first-order chi connectivity index (χ1) is 13.5. The van der Waals surface area contributed by atoms with Gasteiger partial charge in [0.05, 0.1) is 6.54 Å². The molecule has 0 saturated heterocycles. The Morgan fingerprint density at radius 1 is 0.929 bits per heavy atom. The number of benzene rings is 2. The largest absolute Gasteiger partial charge is 0.482 e. The van der Waals surface area contributed by atoms with Gasteiger partial charge in [-0.15, -0.1) is 0 Å². The zero-order chi connectivity index (χ0) is 20.4. The highest BCUT2D eigenvalue weighted by molar-refractivity contribution is 5.86. The van der Waals surface area contributed by atoms with Gasteiger partial charge in [0.25, 0.3) is 5.91 Å². The number of nitrogens with zero attached hydrogens (tertiary/aromatic N) is 1. The van der Waals surface area contributed by atoms with Crippen molar-refractivity contribution in [3.63, 3.8) is 0 Å². The summed E-state index contributed by atoms with van der Waals surface area (Å²) < 4.78 is 10.2. The van der Waals surface area contributed by atoms with Crippen LogP contribution in [0.5, 0.6) is 5.75 Å². The summed E-state index contributed by atoms with van der Waals surface area (Å²) in [5.74, 6) is -0.962. The monoisotopic (exact) mass is 385 g/mol. The maximum atomic E-state index is 11.8. The van der Waals surface area contributed by atoms with E-state index in [1.807, 2.05) is 42.5 Å². The molecule has 2 aromatic rings. The van der Waals surface area contributed by atoms with Gasteiger partial charge in [0.2, 0.25) is 5.91 Å². The molecule has 0 saturated carbocycles. The fourth-order valence-electron chi connectivity index (χ4n) is 2.14. The summed E-state index contributed by atoms with van der Waals surface area (Å²) in [6.07, 6.45) is 0. The van der Waals surface area contributed by atoms with Crippen LogP contribution in [0, 0.1) is 0 Å². The summed E-state index contributed by atoms with van der Waals surface area (Å²) >= 11 is 0. The maximum absolute atomic E-state index is 11.8. The zero-order valence-corrected chi connectivity index (χ0v) is 15.8. The fraction of sp³-hybridized carbons (Fsp3) is 0.250. The molecule has 2 N–H and O–H groups in total. The van der Waals surface area contributed by atoms with Crippen LogP contribution in [0.15, 0.2) is 54.6 Å². The SMILES string of the molecule is CNC(=O)CN(C)C(=O)COC(=O)COc1ccc(Nc2ccccc2)cc1. The molecule has 0 fully saturated rings. The standard InChI is InChI=1S/C20H23N3O5/c1-21-18(24)12-23(2)19(25)13-28-20(26)14-27-17-10-8-16(9-11-17)22-15-6-4-3-5-7-15/h3-11,22H,12-14H2,1-2H3,(H,21,24). The van der Waals surface area contributed by atoms with Crippen molar-refractivity contribution in [2.75, 3.05) is 39.2 Å². The van der Waals surface area contributed by atoms with Gasteiger partial charge in [-0.05, 0) is 36.4 Å². The normalized spacial score (nSPS) is 9.93. The number of esters is 1. The highest BCUT2D eigenvalue weighted by Crippen LogP contribution is 2.19. The average Bonchev–Trinajstić information content (AvgIpc) is 2.72. The van der Waals surface area contributed by atoms with E-state index in [1.165, 1.54) is 19.0 Å². The van der Waals surface area contributed by atoms with Crippen LogP contribution in [-0.2, 0) is 19.1 Å². The van der Waals surface area contributed by atoms with Gasteiger partial charge < -0.3 is 25.0 Å². The predicted molar refractivity (Wildman–Crippen MR) is 104 cm³/mol. The molecule has 0 unspecified atom stereocenters. The van der Waals surface area contributed by atoms with Crippen LogP contribution in [0.4, 0.5) is 11.4 Å². The first kappa shape index (κ1) is 20.8. The van der Waals surface area contributed by atoms with Crippen molar-refractivity contribution in [1.29, 1.82) is 0 Å². The number of likely N-dealkylation sites (N-methyl/N-ethyl adjacent to an activating group) is 2. The van der Waals surface area contributed by atoms with Gasteiger partial charge in [0, 0.05) is 25.5 Å². The minimum Gasteiger partial charge on any atom is -0.482 e. The number of carbonyl (C=O) groups is 3. The molecule has 0 bridgehead atoms. The van der Waals surface area contributed by atoms with Crippen molar-refractivity contribution < 1.29 is 23.9 Å². The van der Waals surface area contributed by atoms with Crippen LogP contribution >= 0.6 is 0 Å². The smallest absolute Gasteiger partial charge is 0.344 e. The number of ether oxygens (including phenoxy) is 2. The van der Waals surface area contributed by atoms with Gasteiger partial charge in [0.1, 0.15) is 5.75 Å². The van der Waals surface area contributed by atoms with Crippen LogP contribution in [0.3, 0.4) is 0 Å². The van der Waals surface area contributed by atoms with Gasteiger partial charge in [-0.1, -0.05) is 18.2 Å². The van der Waals surface area contributed by atoms with Crippen LogP contribution in [0.2, 0.25) is 0 Å². The molecule has 0 heterocycles. The lowest BCUT2D eigenvalue weighted by molar-refractivity contribution is -0.153. The lowest BCUT2D eigenvalue weighted by Gasteiger charge is -2.16. The second-order valence-electron chi connectivity index (χ2n) is 5.89. The van der Waals surface area contributed by atoms with Crippen molar-refractivity contribution in [2.45, 2.75) is 0 Å². The molecule has 0 aromatic heterocycles. The van der Waals surface area contributed by atoms with Gasteiger partial charge in [-0.25, -0.2) is 4.79 Å². The highest BCUT2D eigenvalue weighted by atomic mass is 16.6. The third kappa shape index (κ3) is 6.99. The third-order valence-corrected chi connectivity index (χ3v) is 3.72. The molecule has 0 aliphatic rings. The van der Waals surface area contributed by atoms with Crippen molar-refractivity contribution in [1.82, 2.24) is 10.2 Å². The van der Waals surface area contributed by atoms with Crippen LogP contribution in [-0.4, -0.2) is 56.5 Å². The number of hydrogen-bond donors (Lipinski definition) is 2. The van der Waals surface area contributed by atoms with Gasteiger partial charge >= 0.3 is 5.97 Å². The highest BCUT2D eigenvalue weighted by Gasteiger charge is 2.14. The molecule has 28 heavy (non-hydrogen) atoms. The Morgan fingerprint density at radius 3 is 2.21 bits per heavy atom. The van der Waals surface area contributed by atoms with Crippen molar-refractivity contribution in [3.05, 3.63) is 54.6 Å². The molecule has 0 atom stereocenters. The summed E-state index contributed by atoms with van der Waals surface area (Å²) in [5, 5.41) is 5.65. The molecule has 0 spiro atoms.